The maximum atomic E-state index is 12.2. The van der Waals surface area contributed by atoms with Crippen molar-refractivity contribution < 1.29 is 17.9 Å². The van der Waals surface area contributed by atoms with Gasteiger partial charge in [-0.2, -0.15) is 0 Å². The van der Waals surface area contributed by atoms with Gasteiger partial charge in [-0.25, -0.2) is 0 Å². The highest BCUT2D eigenvalue weighted by Crippen LogP contribution is 2.25. The Bertz CT molecular complexity index is 912. The number of hydrogen-bond donors (Lipinski definition) is 2. The van der Waals surface area contributed by atoms with E-state index in [0.29, 0.717) is 23.4 Å². The van der Waals surface area contributed by atoms with Gasteiger partial charge in [0.2, 0.25) is 0 Å². The van der Waals surface area contributed by atoms with Crippen molar-refractivity contribution in [1.29, 1.82) is 5.41 Å². The molecule has 1 aliphatic heterocycles. The van der Waals surface area contributed by atoms with Crippen molar-refractivity contribution in [2.45, 2.75) is 100 Å². The van der Waals surface area contributed by atoms with Crippen molar-refractivity contribution >= 4 is 11.5 Å². The number of nitrogens with one attached hydrogen (secondary N) is 2. The zero-order valence-electron chi connectivity index (χ0n) is 24.8. The molecule has 0 bridgehead atoms. The lowest BCUT2D eigenvalue weighted by molar-refractivity contribution is -0.274. The van der Waals surface area contributed by atoms with Crippen LogP contribution in [0.5, 0.6) is 5.75 Å². The summed E-state index contributed by atoms with van der Waals surface area (Å²) < 4.78 is 40.3. The molecule has 228 valence electrons. The summed E-state index contributed by atoms with van der Waals surface area (Å²) in [4.78, 5) is 2.06. The van der Waals surface area contributed by atoms with Crippen LogP contribution < -0.4 is 10.1 Å². The Morgan fingerprint density at radius 2 is 1.73 bits per heavy atom. The number of hydrogen-bond acceptors (Lipinski definition) is 3. The van der Waals surface area contributed by atoms with E-state index in [2.05, 4.69) is 62.2 Å². The van der Waals surface area contributed by atoms with Crippen LogP contribution in [0.4, 0.5) is 18.9 Å². The summed E-state index contributed by atoms with van der Waals surface area (Å²) in [5.74, 6) is 2.22. The van der Waals surface area contributed by atoms with Gasteiger partial charge in [-0.15, -0.1) is 19.8 Å². The summed E-state index contributed by atoms with van der Waals surface area (Å²) in [5, 5.41) is 11.3. The Hall–Kier alpha value is -2.70. The summed E-state index contributed by atoms with van der Waals surface area (Å²) in [5.41, 5.74) is 2.92. The van der Waals surface area contributed by atoms with Crippen LogP contribution in [0, 0.1) is 23.2 Å². The first-order chi connectivity index (χ1) is 18.4. The molecular weight excluding hydrogens is 511 g/mol. The molecule has 3 atom stereocenters. The van der Waals surface area contributed by atoms with E-state index in [1.807, 2.05) is 13.0 Å². The Morgan fingerprint density at radius 1 is 1.12 bits per heavy atom. The smallest absolute Gasteiger partial charge is 0.406 e. The molecule has 1 aliphatic rings. The summed E-state index contributed by atoms with van der Waals surface area (Å²) in [7, 11) is 0. The van der Waals surface area contributed by atoms with Gasteiger partial charge in [-0.05, 0) is 101 Å². The van der Waals surface area contributed by atoms with E-state index in [9.17, 15) is 13.2 Å². The fourth-order valence-electron chi connectivity index (χ4n) is 4.93. The van der Waals surface area contributed by atoms with Gasteiger partial charge in [0.15, 0.2) is 0 Å². The summed E-state index contributed by atoms with van der Waals surface area (Å²) in [6, 6.07) is 5.52. The zero-order valence-corrected chi connectivity index (χ0v) is 24.8. The van der Waals surface area contributed by atoms with Gasteiger partial charge in [-0.3, -0.25) is 5.41 Å². The average Bonchev–Trinajstić information content (AvgIpc) is 2.85. The molecule has 2 N–H and O–H groups in total. The van der Waals surface area contributed by atoms with E-state index in [-0.39, 0.29) is 13.2 Å². The predicted molar refractivity (Wildman–Crippen MR) is 166 cm³/mol. The molecule has 3 unspecified atom stereocenters. The first-order valence-corrected chi connectivity index (χ1v) is 14.2. The lowest BCUT2D eigenvalue weighted by atomic mass is 9.91. The molecule has 7 heteroatoms. The number of amidine groups is 1. The zero-order chi connectivity index (χ0) is 29.4. The van der Waals surface area contributed by atoms with Gasteiger partial charge in [0.05, 0.1) is 0 Å². The Morgan fingerprint density at radius 3 is 2.23 bits per heavy atom. The molecule has 1 heterocycles. The first kappa shape index (κ1) is 37.3. The number of benzene rings is 1. The number of rotatable bonds is 12. The second-order valence-corrected chi connectivity index (χ2v) is 11.0. The Labute approximate surface area is 242 Å². The third-order valence-corrected chi connectivity index (χ3v) is 6.91. The molecule has 2 rings (SSSR count). The van der Waals surface area contributed by atoms with Crippen molar-refractivity contribution in [3.63, 3.8) is 0 Å². The molecule has 4 nitrogen and oxygen atoms in total. The second kappa shape index (κ2) is 19.4. The van der Waals surface area contributed by atoms with Gasteiger partial charge in [0.1, 0.15) is 11.6 Å². The quantitative estimate of drug-likeness (QED) is 0.151. The first-order valence-electron chi connectivity index (χ1n) is 14.2. The fourth-order valence-corrected chi connectivity index (χ4v) is 4.93. The molecule has 0 spiro atoms. The van der Waals surface area contributed by atoms with Crippen molar-refractivity contribution in [2.75, 3.05) is 18.4 Å². The summed E-state index contributed by atoms with van der Waals surface area (Å²) in [6.45, 7) is 18.4. The number of halogens is 3. The third-order valence-electron chi connectivity index (χ3n) is 6.91. The normalized spacial score (nSPS) is 18.6. The molecule has 1 aromatic rings. The van der Waals surface area contributed by atoms with Crippen molar-refractivity contribution in [1.82, 2.24) is 4.90 Å². The minimum atomic E-state index is -4.69. The molecule has 0 aliphatic carbocycles. The maximum absolute atomic E-state index is 12.2. The van der Waals surface area contributed by atoms with Crippen LogP contribution in [-0.4, -0.2) is 30.2 Å². The highest BCUT2D eigenvalue weighted by Gasteiger charge is 2.31. The van der Waals surface area contributed by atoms with Gasteiger partial charge in [-0.1, -0.05) is 58.8 Å². The Kier molecular flexibility index (Phi) is 18.1. The number of likely N-dealkylation sites (tertiary alicyclic amines) is 1. The van der Waals surface area contributed by atoms with Gasteiger partial charge >= 0.3 is 6.36 Å². The van der Waals surface area contributed by atoms with Crippen LogP contribution in [0.1, 0.15) is 93.9 Å². The van der Waals surface area contributed by atoms with Crippen molar-refractivity contribution in [3.05, 3.63) is 60.3 Å². The standard InChI is InChI=1S/C18H24F3N3O.C14H26.CH4/c1-12-8-13(2)11-24(10-12)17(22)9-14(3)23-15-4-6-16(7-5-15)25-18(19,20)21;1-5-8-10-14(9-6-2)12-11-13(4)7-3;/h4-7,9,12-13,22-23H,8,10-11H2,1-3H3;5,7,14H,1,6,8-12H2,2-4H3;1H4/b14-9-,22-17?;13-7-;. The Balaban J connectivity index is 0.000000871. The molecule has 0 amide bonds. The topological polar surface area (TPSA) is 48.4 Å². The highest BCUT2D eigenvalue weighted by atomic mass is 19.4. The lowest BCUT2D eigenvalue weighted by Crippen LogP contribution is -2.41. The number of piperidine rings is 1. The predicted octanol–water partition coefficient (Wildman–Crippen LogP) is 10.6. The van der Waals surface area contributed by atoms with E-state index in [1.165, 1.54) is 74.8 Å². The number of anilines is 1. The molecule has 0 saturated carbocycles. The van der Waals surface area contributed by atoms with E-state index >= 15 is 0 Å². The number of ether oxygens (including phenoxy) is 1. The van der Waals surface area contributed by atoms with Gasteiger partial charge in [0, 0.05) is 24.5 Å². The molecule has 1 aromatic carbocycles. The largest absolute Gasteiger partial charge is 0.573 e. The third kappa shape index (κ3) is 16.4. The van der Waals surface area contributed by atoms with Crippen molar-refractivity contribution in [3.8, 4) is 5.75 Å². The molecule has 40 heavy (non-hydrogen) atoms. The van der Waals surface area contributed by atoms with E-state index in [0.717, 1.165) is 24.7 Å². The molecule has 1 fully saturated rings. The van der Waals surface area contributed by atoms with Gasteiger partial charge < -0.3 is 15.0 Å². The summed E-state index contributed by atoms with van der Waals surface area (Å²) in [6.07, 6.45) is 10.3. The van der Waals surface area contributed by atoms with Gasteiger partial charge in [0.25, 0.3) is 0 Å². The molecule has 0 aromatic heterocycles. The van der Waals surface area contributed by atoms with Crippen molar-refractivity contribution in [2.24, 2.45) is 17.8 Å². The molecule has 0 radical (unpaired) electrons. The van der Waals surface area contributed by atoms with Crippen LogP contribution >= 0.6 is 0 Å². The maximum Gasteiger partial charge on any atom is 0.573 e. The lowest BCUT2D eigenvalue weighted by Gasteiger charge is -2.36. The highest BCUT2D eigenvalue weighted by molar-refractivity contribution is 5.91. The van der Waals surface area contributed by atoms with Crippen LogP contribution in [0.2, 0.25) is 0 Å². The van der Waals surface area contributed by atoms with Crippen LogP contribution in [0.15, 0.2) is 60.3 Å². The van der Waals surface area contributed by atoms with E-state index < -0.39 is 6.36 Å². The SMILES string of the molecule is C.C/C(=C/C(=N)N1CC(C)CC(C)C1)Nc1ccc(OC(F)(F)F)cc1.C=CCCC(CCC)CC/C(C)=C\C. The molecule has 1 saturated heterocycles. The summed E-state index contributed by atoms with van der Waals surface area (Å²) >= 11 is 0. The van der Waals surface area contributed by atoms with Crippen LogP contribution in [-0.2, 0) is 0 Å². The number of alkyl halides is 3. The monoisotopic (exact) mass is 565 g/mol. The minimum Gasteiger partial charge on any atom is -0.406 e. The van der Waals surface area contributed by atoms with Crippen LogP contribution in [0.3, 0.4) is 0 Å². The second-order valence-electron chi connectivity index (χ2n) is 11.0. The van der Waals surface area contributed by atoms with E-state index in [1.54, 1.807) is 6.08 Å². The van der Waals surface area contributed by atoms with Crippen LogP contribution in [0.25, 0.3) is 0 Å². The molecular formula is C33H54F3N3O. The number of allylic oxidation sites excluding steroid dienone is 4. The van der Waals surface area contributed by atoms with E-state index in [4.69, 9.17) is 5.41 Å². The average molecular weight is 566 g/mol. The fraction of sp³-hybridized carbons (Fsp3) is 0.606. The minimum absolute atomic E-state index is 0. The number of nitrogens with zero attached hydrogens (tertiary/aromatic N) is 1.